The number of benzene rings is 1. The van der Waals surface area contributed by atoms with E-state index in [1.807, 2.05) is 30.3 Å². The van der Waals surface area contributed by atoms with E-state index in [0.29, 0.717) is 6.54 Å². The van der Waals surface area contributed by atoms with Gasteiger partial charge in [-0.25, -0.2) is 0 Å². The number of aromatic nitrogens is 1. The average molecular weight is 358 g/mol. The summed E-state index contributed by atoms with van der Waals surface area (Å²) in [5.41, 5.74) is 2.20. The molecule has 0 saturated carbocycles. The number of rotatable bonds is 6. The van der Waals surface area contributed by atoms with Gasteiger partial charge in [0, 0.05) is 23.7 Å². The summed E-state index contributed by atoms with van der Waals surface area (Å²) in [6.07, 6.45) is 4.62. The summed E-state index contributed by atoms with van der Waals surface area (Å²) in [4.78, 5) is 19.0. The van der Waals surface area contributed by atoms with Gasteiger partial charge in [0.1, 0.15) is 0 Å². The summed E-state index contributed by atoms with van der Waals surface area (Å²) in [5.74, 6) is 0.276. The highest BCUT2D eigenvalue weighted by atomic mass is 35.5. The molecule has 0 spiro atoms. The lowest BCUT2D eigenvalue weighted by atomic mass is 9.95. The van der Waals surface area contributed by atoms with E-state index in [0.717, 1.165) is 49.6 Å². The van der Waals surface area contributed by atoms with E-state index in [2.05, 4.69) is 27.3 Å². The SMILES string of the molecule is O=C(NCc1ccccn1)C1CCN(CCc2ccc(Cl)cc2)CC1. The summed E-state index contributed by atoms with van der Waals surface area (Å²) in [5, 5.41) is 3.79. The molecular formula is C20H24ClN3O. The highest BCUT2D eigenvalue weighted by molar-refractivity contribution is 6.30. The Balaban J connectivity index is 1.37. The normalized spacial score (nSPS) is 15.9. The highest BCUT2D eigenvalue weighted by Crippen LogP contribution is 2.18. The number of likely N-dealkylation sites (tertiary alicyclic amines) is 1. The molecule has 0 bridgehead atoms. The summed E-state index contributed by atoms with van der Waals surface area (Å²) in [7, 11) is 0. The lowest BCUT2D eigenvalue weighted by Crippen LogP contribution is -2.41. The van der Waals surface area contributed by atoms with Gasteiger partial charge in [-0.05, 0) is 62.2 Å². The van der Waals surface area contributed by atoms with E-state index >= 15 is 0 Å². The monoisotopic (exact) mass is 357 g/mol. The number of hydrogen-bond donors (Lipinski definition) is 1. The molecule has 5 heteroatoms. The third kappa shape index (κ3) is 5.55. The van der Waals surface area contributed by atoms with Crippen molar-refractivity contribution in [3.05, 3.63) is 64.9 Å². The Morgan fingerprint density at radius 2 is 1.92 bits per heavy atom. The van der Waals surface area contributed by atoms with Crippen molar-refractivity contribution in [1.82, 2.24) is 15.2 Å². The predicted molar refractivity (Wildman–Crippen MR) is 100 cm³/mol. The maximum atomic E-state index is 12.3. The lowest BCUT2D eigenvalue weighted by molar-refractivity contribution is -0.126. The fourth-order valence-electron chi connectivity index (χ4n) is 3.18. The molecule has 0 aliphatic carbocycles. The Labute approximate surface area is 154 Å². The fourth-order valence-corrected chi connectivity index (χ4v) is 3.31. The van der Waals surface area contributed by atoms with E-state index in [1.54, 1.807) is 6.20 Å². The molecule has 1 aromatic heterocycles. The topological polar surface area (TPSA) is 45.2 Å². The Hall–Kier alpha value is -1.91. The fraction of sp³-hybridized carbons (Fsp3) is 0.400. The number of hydrogen-bond acceptors (Lipinski definition) is 3. The molecule has 1 N–H and O–H groups in total. The Bertz CT molecular complexity index is 667. The Morgan fingerprint density at radius 1 is 1.16 bits per heavy atom. The lowest BCUT2D eigenvalue weighted by Gasteiger charge is -2.31. The number of nitrogens with zero attached hydrogens (tertiary/aromatic N) is 2. The minimum atomic E-state index is 0.121. The van der Waals surface area contributed by atoms with Crippen LogP contribution in [0.15, 0.2) is 48.7 Å². The van der Waals surface area contributed by atoms with Crippen LogP contribution in [0.5, 0.6) is 0 Å². The smallest absolute Gasteiger partial charge is 0.223 e. The van der Waals surface area contributed by atoms with Crippen molar-refractivity contribution in [2.75, 3.05) is 19.6 Å². The molecule has 1 amide bonds. The Morgan fingerprint density at radius 3 is 2.60 bits per heavy atom. The van der Waals surface area contributed by atoms with Crippen molar-refractivity contribution in [2.45, 2.75) is 25.8 Å². The molecule has 1 aliphatic heterocycles. The molecule has 2 heterocycles. The highest BCUT2D eigenvalue weighted by Gasteiger charge is 2.24. The number of carbonyl (C=O) groups excluding carboxylic acids is 1. The molecule has 1 aliphatic rings. The van der Waals surface area contributed by atoms with E-state index < -0.39 is 0 Å². The average Bonchev–Trinajstić information content (AvgIpc) is 2.67. The van der Waals surface area contributed by atoms with Crippen molar-refractivity contribution in [3.63, 3.8) is 0 Å². The van der Waals surface area contributed by atoms with Crippen LogP contribution in [0, 0.1) is 5.92 Å². The van der Waals surface area contributed by atoms with Crippen LogP contribution in [0.3, 0.4) is 0 Å². The van der Waals surface area contributed by atoms with E-state index in [9.17, 15) is 4.79 Å². The third-order valence-corrected chi connectivity index (χ3v) is 5.01. The molecule has 1 aromatic carbocycles. The maximum Gasteiger partial charge on any atom is 0.223 e. The van der Waals surface area contributed by atoms with Gasteiger partial charge in [-0.3, -0.25) is 9.78 Å². The predicted octanol–water partition coefficient (Wildman–Crippen LogP) is 3.31. The molecule has 1 fully saturated rings. The van der Waals surface area contributed by atoms with E-state index in [-0.39, 0.29) is 11.8 Å². The molecule has 132 valence electrons. The van der Waals surface area contributed by atoms with Crippen LogP contribution in [0.25, 0.3) is 0 Å². The van der Waals surface area contributed by atoms with Crippen molar-refractivity contribution in [3.8, 4) is 0 Å². The van der Waals surface area contributed by atoms with Gasteiger partial charge >= 0.3 is 0 Å². The molecule has 25 heavy (non-hydrogen) atoms. The van der Waals surface area contributed by atoms with Gasteiger partial charge < -0.3 is 10.2 Å². The van der Waals surface area contributed by atoms with Crippen LogP contribution in [0.2, 0.25) is 5.02 Å². The van der Waals surface area contributed by atoms with Gasteiger partial charge in [-0.15, -0.1) is 0 Å². The zero-order valence-corrected chi connectivity index (χ0v) is 15.1. The van der Waals surface area contributed by atoms with Crippen molar-refractivity contribution in [2.24, 2.45) is 5.92 Å². The van der Waals surface area contributed by atoms with Gasteiger partial charge in [-0.2, -0.15) is 0 Å². The van der Waals surface area contributed by atoms with E-state index in [1.165, 1.54) is 5.56 Å². The summed E-state index contributed by atoms with van der Waals surface area (Å²) in [6.45, 7) is 3.50. The first-order valence-electron chi connectivity index (χ1n) is 8.85. The summed E-state index contributed by atoms with van der Waals surface area (Å²) >= 11 is 5.92. The van der Waals surface area contributed by atoms with Crippen LogP contribution >= 0.6 is 11.6 Å². The number of carbonyl (C=O) groups is 1. The molecule has 1 saturated heterocycles. The Kier molecular flexibility index (Phi) is 6.42. The molecule has 3 rings (SSSR count). The van der Waals surface area contributed by atoms with Gasteiger partial charge in [0.25, 0.3) is 0 Å². The van der Waals surface area contributed by atoms with Crippen molar-refractivity contribution < 1.29 is 4.79 Å². The number of amides is 1. The minimum Gasteiger partial charge on any atom is -0.350 e. The van der Waals surface area contributed by atoms with Gasteiger partial charge in [0.2, 0.25) is 5.91 Å². The number of halogens is 1. The second-order valence-electron chi connectivity index (χ2n) is 6.53. The summed E-state index contributed by atoms with van der Waals surface area (Å²) < 4.78 is 0. The van der Waals surface area contributed by atoms with Crippen LogP contribution in [-0.4, -0.2) is 35.4 Å². The summed E-state index contributed by atoms with van der Waals surface area (Å²) in [6, 6.07) is 13.8. The molecule has 2 aromatic rings. The van der Waals surface area contributed by atoms with Crippen LogP contribution in [0.1, 0.15) is 24.1 Å². The standard InChI is InChI=1S/C20H24ClN3O/c21-18-6-4-16(5-7-18)8-12-24-13-9-17(10-14-24)20(25)23-15-19-3-1-2-11-22-19/h1-7,11,17H,8-10,12-15H2,(H,23,25). The zero-order chi connectivity index (χ0) is 17.5. The first kappa shape index (κ1) is 17.9. The first-order chi connectivity index (χ1) is 12.2. The second kappa shape index (κ2) is 8.97. The van der Waals surface area contributed by atoms with Gasteiger partial charge in [0.05, 0.1) is 12.2 Å². The molecular weight excluding hydrogens is 334 g/mol. The second-order valence-corrected chi connectivity index (χ2v) is 6.97. The van der Waals surface area contributed by atoms with Gasteiger partial charge in [-0.1, -0.05) is 29.8 Å². The molecule has 0 radical (unpaired) electrons. The van der Waals surface area contributed by atoms with Crippen LogP contribution in [-0.2, 0) is 17.8 Å². The third-order valence-electron chi connectivity index (χ3n) is 4.76. The quantitative estimate of drug-likeness (QED) is 0.862. The van der Waals surface area contributed by atoms with Crippen molar-refractivity contribution in [1.29, 1.82) is 0 Å². The zero-order valence-electron chi connectivity index (χ0n) is 14.3. The van der Waals surface area contributed by atoms with Crippen LogP contribution in [0.4, 0.5) is 0 Å². The van der Waals surface area contributed by atoms with E-state index in [4.69, 9.17) is 11.6 Å². The largest absolute Gasteiger partial charge is 0.350 e. The molecule has 4 nitrogen and oxygen atoms in total. The number of nitrogens with one attached hydrogen (secondary N) is 1. The molecule has 0 atom stereocenters. The van der Waals surface area contributed by atoms with Gasteiger partial charge in [0.15, 0.2) is 0 Å². The first-order valence-corrected chi connectivity index (χ1v) is 9.23. The number of pyridine rings is 1. The maximum absolute atomic E-state index is 12.3. The molecule has 0 unspecified atom stereocenters. The van der Waals surface area contributed by atoms with Crippen LogP contribution < -0.4 is 5.32 Å². The minimum absolute atomic E-state index is 0.121. The number of piperidine rings is 1. The van der Waals surface area contributed by atoms with Crippen molar-refractivity contribution >= 4 is 17.5 Å².